The Morgan fingerprint density at radius 3 is 2.64 bits per heavy atom. The van der Waals surface area contributed by atoms with Crippen molar-refractivity contribution in [3.05, 3.63) is 17.5 Å². The summed E-state index contributed by atoms with van der Waals surface area (Å²) >= 11 is 0. The average Bonchev–Trinajstić information content (AvgIpc) is 2.30. The number of aliphatic hydroxyl groups is 1. The summed E-state index contributed by atoms with van der Waals surface area (Å²) in [7, 11) is 0. The highest BCUT2D eigenvalue weighted by atomic mass is 16.3. The molecule has 1 rings (SSSR count). The molecule has 0 spiro atoms. The molecule has 0 aliphatic heterocycles. The summed E-state index contributed by atoms with van der Waals surface area (Å²) < 4.78 is 1.57. The van der Waals surface area contributed by atoms with Crippen molar-refractivity contribution in [2.75, 3.05) is 0 Å². The maximum atomic E-state index is 8.86. The SMILES string of the molecule is Cc1[c]nn(CO)c1C(C)C. The van der Waals surface area contributed by atoms with E-state index in [4.69, 9.17) is 5.11 Å². The van der Waals surface area contributed by atoms with Crippen LogP contribution >= 0.6 is 0 Å². The number of rotatable bonds is 2. The van der Waals surface area contributed by atoms with Crippen molar-refractivity contribution in [3.63, 3.8) is 0 Å². The van der Waals surface area contributed by atoms with Gasteiger partial charge in [-0.15, -0.1) is 0 Å². The van der Waals surface area contributed by atoms with Gasteiger partial charge in [-0.1, -0.05) is 13.8 Å². The average molecular weight is 153 g/mol. The summed E-state index contributed by atoms with van der Waals surface area (Å²) in [6.45, 7) is 6.04. The van der Waals surface area contributed by atoms with Crippen molar-refractivity contribution in [1.82, 2.24) is 9.78 Å². The van der Waals surface area contributed by atoms with E-state index in [1.54, 1.807) is 4.68 Å². The zero-order valence-corrected chi connectivity index (χ0v) is 7.13. The lowest BCUT2D eigenvalue weighted by Gasteiger charge is -2.07. The number of hydrogen-bond acceptors (Lipinski definition) is 2. The monoisotopic (exact) mass is 153 g/mol. The van der Waals surface area contributed by atoms with Gasteiger partial charge in [0, 0.05) is 11.3 Å². The van der Waals surface area contributed by atoms with Crippen LogP contribution in [0.3, 0.4) is 0 Å². The van der Waals surface area contributed by atoms with Crippen LogP contribution in [0.4, 0.5) is 0 Å². The van der Waals surface area contributed by atoms with E-state index in [0.29, 0.717) is 5.92 Å². The number of hydrogen-bond donors (Lipinski definition) is 1. The smallest absolute Gasteiger partial charge is 0.136 e. The molecule has 61 valence electrons. The maximum absolute atomic E-state index is 8.86. The minimum absolute atomic E-state index is 0.0577. The minimum atomic E-state index is -0.0577. The van der Waals surface area contributed by atoms with E-state index in [1.165, 1.54) is 0 Å². The Labute approximate surface area is 66.7 Å². The van der Waals surface area contributed by atoms with Crippen LogP contribution in [0.25, 0.3) is 0 Å². The highest BCUT2D eigenvalue weighted by Gasteiger charge is 2.09. The Bertz CT molecular complexity index is 240. The first kappa shape index (κ1) is 8.27. The molecule has 0 aliphatic rings. The third-order valence-corrected chi connectivity index (χ3v) is 1.68. The van der Waals surface area contributed by atoms with Crippen LogP contribution in [-0.4, -0.2) is 14.9 Å². The Morgan fingerprint density at radius 1 is 1.64 bits per heavy atom. The van der Waals surface area contributed by atoms with Crippen LogP contribution in [0.2, 0.25) is 0 Å². The van der Waals surface area contributed by atoms with Gasteiger partial charge in [0.1, 0.15) is 12.9 Å². The van der Waals surface area contributed by atoms with Crippen molar-refractivity contribution in [2.45, 2.75) is 33.4 Å². The summed E-state index contributed by atoms with van der Waals surface area (Å²) in [4.78, 5) is 0. The van der Waals surface area contributed by atoms with Crippen molar-refractivity contribution in [1.29, 1.82) is 0 Å². The quantitative estimate of drug-likeness (QED) is 0.690. The summed E-state index contributed by atoms with van der Waals surface area (Å²) in [5.41, 5.74) is 2.08. The van der Waals surface area contributed by atoms with Gasteiger partial charge in [0.25, 0.3) is 0 Å². The molecule has 0 unspecified atom stereocenters. The first-order chi connectivity index (χ1) is 5.16. The molecule has 11 heavy (non-hydrogen) atoms. The van der Waals surface area contributed by atoms with Gasteiger partial charge in [-0.05, 0) is 12.8 Å². The van der Waals surface area contributed by atoms with E-state index in [1.807, 2.05) is 6.92 Å². The molecule has 1 aromatic rings. The second-order valence-corrected chi connectivity index (χ2v) is 2.92. The standard InChI is InChI=1S/C8H13N2O/c1-6(2)8-7(3)4-9-10(8)5-11/h6,11H,5H2,1-3H3. The predicted molar refractivity (Wildman–Crippen MR) is 42.1 cm³/mol. The van der Waals surface area contributed by atoms with Crippen LogP contribution in [-0.2, 0) is 6.73 Å². The van der Waals surface area contributed by atoms with Crippen molar-refractivity contribution < 1.29 is 5.11 Å². The van der Waals surface area contributed by atoms with Gasteiger partial charge in [0.05, 0.1) is 0 Å². The van der Waals surface area contributed by atoms with E-state index < -0.39 is 0 Å². The van der Waals surface area contributed by atoms with Crippen molar-refractivity contribution >= 4 is 0 Å². The first-order valence-corrected chi connectivity index (χ1v) is 3.72. The van der Waals surface area contributed by atoms with Crippen molar-refractivity contribution in [2.24, 2.45) is 0 Å². The molecular formula is C8H13N2O. The predicted octanol–water partition coefficient (Wildman–Crippen LogP) is 1.06. The molecule has 3 heteroatoms. The molecule has 1 N–H and O–H groups in total. The second kappa shape index (κ2) is 3.05. The lowest BCUT2D eigenvalue weighted by atomic mass is 10.1. The van der Waals surface area contributed by atoms with Gasteiger partial charge >= 0.3 is 0 Å². The molecule has 3 nitrogen and oxygen atoms in total. The fourth-order valence-corrected chi connectivity index (χ4v) is 1.28. The van der Waals surface area contributed by atoms with Gasteiger partial charge in [0.2, 0.25) is 0 Å². The summed E-state index contributed by atoms with van der Waals surface area (Å²) in [5.74, 6) is 0.390. The fourth-order valence-electron chi connectivity index (χ4n) is 1.28. The Balaban J connectivity index is 3.07. The molecule has 1 aromatic heterocycles. The number of aryl methyl sites for hydroxylation is 1. The molecule has 1 radical (unpaired) electrons. The third-order valence-electron chi connectivity index (χ3n) is 1.68. The lowest BCUT2D eigenvalue weighted by Crippen LogP contribution is -2.06. The van der Waals surface area contributed by atoms with Gasteiger partial charge < -0.3 is 5.11 Å². The maximum Gasteiger partial charge on any atom is 0.136 e. The topological polar surface area (TPSA) is 38.0 Å². The van der Waals surface area contributed by atoms with Crippen LogP contribution in [0.5, 0.6) is 0 Å². The zero-order valence-electron chi connectivity index (χ0n) is 7.13. The zero-order chi connectivity index (χ0) is 8.43. The fraction of sp³-hybridized carbons (Fsp3) is 0.625. The summed E-state index contributed by atoms with van der Waals surface area (Å²) in [6.07, 6.45) is 2.82. The van der Waals surface area contributed by atoms with Crippen LogP contribution < -0.4 is 0 Å². The van der Waals surface area contributed by atoms with E-state index in [0.717, 1.165) is 11.3 Å². The van der Waals surface area contributed by atoms with E-state index in [-0.39, 0.29) is 6.73 Å². The highest BCUT2D eigenvalue weighted by molar-refractivity contribution is 5.17. The number of aliphatic hydroxyl groups excluding tert-OH is 1. The Kier molecular flexibility index (Phi) is 2.29. The van der Waals surface area contributed by atoms with Gasteiger partial charge in [-0.2, -0.15) is 5.10 Å². The molecule has 1 heterocycles. The van der Waals surface area contributed by atoms with Gasteiger partial charge in [-0.3, -0.25) is 0 Å². The molecule has 0 atom stereocenters. The largest absolute Gasteiger partial charge is 0.374 e. The van der Waals surface area contributed by atoms with Gasteiger partial charge in [0.15, 0.2) is 0 Å². The second-order valence-electron chi connectivity index (χ2n) is 2.92. The first-order valence-electron chi connectivity index (χ1n) is 3.72. The van der Waals surface area contributed by atoms with E-state index in [9.17, 15) is 0 Å². The molecule has 0 bridgehead atoms. The van der Waals surface area contributed by atoms with Gasteiger partial charge in [-0.25, -0.2) is 4.68 Å². The van der Waals surface area contributed by atoms with E-state index >= 15 is 0 Å². The molecule has 0 aliphatic carbocycles. The highest BCUT2D eigenvalue weighted by Crippen LogP contribution is 2.17. The molecule has 0 saturated carbocycles. The number of aromatic nitrogens is 2. The molecular weight excluding hydrogens is 140 g/mol. The van der Waals surface area contributed by atoms with Crippen LogP contribution in [0.15, 0.2) is 0 Å². The third kappa shape index (κ3) is 1.43. The Morgan fingerprint density at radius 2 is 2.27 bits per heavy atom. The summed E-state index contributed by atoms with van der Waals surface area (Å²) in [6, 6.07) is 0. The normalized spacial score (nSPS) is 11.0. The summed E-state index contributed by atoms with van der Waals surface area (Å²) in [5, 5.41) is 12.8. The Hall–Kier alpha value is -0.830. The lowest BCUT2D eigenvalue weighted by molar-refractivity contribution is 0.190. The minimum Gasteiger partial charge on any atom is -0.374 e. The van der Waals surface area contributed by atoms with Crippen LogP contribution in [0.1, 0.15) is 31.0 Å². The molecule has 0 fully saturated rings. The molecule has 0 aromatic carbocycles. The van der Waals surface area contributed by atoms with Crippen LogP contribution in [0, 0.1) is 13.1 Å². The molecule has 0 amide bonds. The van der Waals surface area contributed by atoms with Crippen molar-refractivity contribution in [3.8, 4) is 0 Å². The number of nitrogens with zero attached hydrogens (tertiary/aromatic N) is 2. The molecule has 0 saturated heterocycles. The van der Waals surface area contributed by atoms with E-state index in [2.05, 4.69) is 25.1 Å².